The van der Waals surface area contributed by atoms with Gasteiger partial charge in [0, 0.05) is 17.0 Å². The van der Waals surface area contributed by atoms with Crippen molar-refractivity contribution in [1.29, 1.82) is 0 Å². The molecule has 4 aromatic rings. The molecule has 1 unspecified atom stereocenters. The van der Waals surface area contributed by atoms with Crippen molar-refractivity contribution in [3.63, 3.8) is 0 Å². The van der Waals surface area contributed by atoms with Crippen LogP contribution in [-0.2, 0) is 22.7 Å². The second-order valence-electron chi connectivity index (χ2n) is 9.38. The Bertz CT molecular complexity index is 1380. The van der Waals surface area contributed by atoms with Crippen molar-refractivity contribution >= 4 is 34.2 Å². The van der Waals surface area contributed by atoms with Gasteiger partial charge in [-0.05, 0) is 54.1 Å². The van der Waals surface area contributed by atoms with E-state index in [0.29, 0.717) is 22.6 Å². The number of hydrogen-bond donors (Lipinski definition) is 1. The van der Waals surface area contributed by atoms with Gasteiger partial charge in [-0.1, -0.05) is 36.3 Å². The molecule has 2 aromatic heterocycles. The average molecular weight is 534 g/mol. The van der Waals surface area contributed by atoms with Crippen molar-refractivity contribution in [1.82, 2.24) is 25.2 Å². The van der Waals surface area contributed by atoms with Gasteiger partial charge >= 0.3 is 0 Å². The molecule has 1 atom stereocenters. The highest BCUT2D eigenvalue weighted by Crippen LogP contribution is 2.32. The molecule has 5 rings (SSSR count). The third kappa shape index (κ3) is 5.65. The van der Waals surface area contributed by atoms with Gasteiger partial charge in [0.15, 0.2) is 0 Å². The fraction of sp³-hybridized carbons (Fsp3) is 0.357. The Balaban J connectivity index is 1.55. The molecule has 1 aliphatic rings. The lowest BCUT2D eigenvalue weighted by Crippen LogP contribution is -2.46. The molecule has 38 heavy (non-hydrogen) atoms. The molecule has 0 radical (unpaired) electrons. The van der Waals surface area contributed by atoms with E-state index in [0.717, 1.165) is 36.1 Å². The summed E-state index contributed by atoms with van der Waals surface area (Å²) in [6.07, 6.45) is 4.03. The highest BCUT2D eigenvalue weighted by Gasteiger charge is 2.34. The highest BCUT2D eigenvalue weighted by molar-refractivity contribution is 7.09. The number of thiophene rings is 1. The molecular formula is C28H31N5O4S. The van der Waals surface area contributed by atoms with Crippen LogP contribution in [0, 0.1) is 0 Å². The normalized spacial score (nSPS) is 14.4. The lowest BCUT2D eigenvalue weighted by Gasteiger charge is -2.32. The quantitative estimate of drug-likeness (QED) is 0.326. The van der Waals surface area contributed by atoms with Gasteiger partial charge in [0.05, 0.1) is 26.3 Å². The number of fused-ring (bicyclic) bond motifs is 1. The summed E-state index contributed by atoms with van der Waals surface area (Å²) >= 11 is 1.54. The van der Waals surface area contributed by atoms with Gasteiger partial charge in [-0.25, -0.2) is 4.68 Å². The first kappa shape index (κ1) is 25.7. The maximum atomic E-state index is 14.0. The average Bonchev–Trinajstić information content (AvgIpc) is 3.71. The molecule has 0 saturated heterocycles. The molecule has 9 nitrogen and oxygen atoms in total. The summed E-state index contributed by atoms with van der Waals surface area (Å²) in [7, 11) is 3.13. The maximum absolute atomic E-state index is 14.0. The number of methoxy groups -OCH3 is 2. The first-order valence-electron chi connectivity index (χ1n) is 12.7. The summed E-state index contributed by atoms with van der Waals surface area (Å²) in [6, 6.07) is 15.9. The molecule has 0 spiro atoms. The van der Waals surface area contributed by atoms with E-state index in [1.54, 1.807) is 53.3 Å². The number of aromatic nitrogens is 3. The Hall–Kier alpha value is -3.92. The van der Waals surface area contributed by atoms with Crippen LogP contribution in [0.2, 0.25) is 0 Å². The molecule has 1 saturated carbocycles. The van der Waals surface area contributed by atoms with Crippen LogP contribution < -0.4 is 14.8 Å². The summed E-state index contributed by atoms with van der Waals surface area (Å²) in [4.78, 5) is 30.6. The van der Waals surface area contributed by atoms with E-state index in [1.807, 2.05) is 41.8 Å². The van der Waals surface area contributed by atoms with Crippen LogP contribution in [0.3, 0.4) is 0 Å². The van der Waals surface area contributed by atoms with Crippen molar-refractivity contribution < 1.29 is 19.1 Å². The zero-order valence-corrected chi connectivity index (χ0v) is 22.3. The minimum absolute atomic E-state index is 0.0554. The van der Waals surface area contributed by atoms with Crippen LogP contribution in [0.25, 0.3) is 11.0 Å². The predicted octanol–water partition coefficient (Wildman–Crippen LogP) is 4.34. The number of rotatable bonds is 10. The maximum Gasteiger partial charge on any atom is 0.247 e. The van der Waals surface area contributed by atoms with Gasteiger partial charge in [-0.3, -0.25) is 9.59 Å². The van der Waals surface area contributed by atoms with E-state index < -0.39 is 6.04 Å². The second-order valence-corrected chi connectivity index (χ2v) is 10.4. The fourth-order valence-electron chi connectivity index (χ4n) is 4.96. The van der Waals surface area contributed by atoms with Crippen LogP contribution in [0.1, 0.15) is 42.2 Å². The van der Waals surface area contributed by atoms with E-state index in [4.69, 9.17) is 9.47 Å². The number of nitrogens with zero attached hydrogens (tertiary/aromatic N) is 4. The molecule has 2 amide bonds. The number of carbonyl (C=O) groups excluding carboxylic acids is 2. The van der Waals surface area contributed by atoms with E-state index in [-0.39, 0.29) is 30.9 Å². The Morgan fingerprint density at radius 2 is 1.82 bits per heavy atom. The molecule has 198 valence electrons. The van der Waals surface area contributed by atoms with E-state index in [9.17, 15) is 9.59 Å². The van der Waals surface area contributed by atoms with Crippen LogP contribution in [0.5, 0.6) is 11.5 Å². The second kappa shape index (κ2) is 11.6. The van der Waals surface area contributed by atoms with Crippen LogP contribution >= 0.6 is 11.3 Å². The number of amides is 2. The molecule has 0 bridgehead atoms. The van der Waals surface area contributed by atoms with Crippen molar-refractivity contribution in [3.05, 3.63) is 70.4 Å². The number of benzene rings is 2. The van der Waals surface area contributed by atoms with Gasteiger partial charge in [0.2, 0.25) is 11.8 Å². The number of hydrogen-bond acceptors (Lipinski definition) is 7. The Morgan fingerprint density at radius 1 is 1.08 bits per heavy atom. The molecule has 2 aromatic carbocycles. The Labute approximate surface area is 225 Å². The van der Waals surface area contributed by atoms with E-state index in [1.165, 1.54) is 0 Å². The molecule has 10 heteroatoms. The number of carbonyl (C=O) groups is 2. The van der Waals surface area contributed by atoms with Gasteiger partial charge in [-0.2, -0.15) is 0 Å². The summed E-state index contributed by atoms with van der Waals surface area (Å²) < 4.78 is 12.6. The van der Waals surface area contributed by atoms with Crippen molar-refractivity contribution in [3.8, 4) is 11.5 Å². The summed E-state index contributed by atoms with van der Waals surface area (Å²) in [5, 5.41) is 13.6. The zero-order valence-electron chi connectivity index (χ0n) is 21.5. The molecule has 1 N–H and O–H groups in total. The van der Waals surface area contributed by atoms with Crippen LogP contribution in [-0.4, -0.2) is 52.0 Å². The fourth-order valence-corrected chi connectivity index (χ4v) is 5.66. The standard InChI is InChI=1S/C28H31N5O4S/c1-36-21-14-19(15-22(16-21)37-2)27(28(35)29-20-8-3-4-9-20)32(17-23-10-7-13-38-23)26(34)18-33-25-12-6-5-11-24(25)30-31-33/h5-7,10-16,20,27H,3-4,8-9,17-18H2,1-2H3,(H,29,35). The Morgan fingerprint density at radius 3 is 2.50 bits per heavy atom. The predicted molar refractivity (Wildman–Crippen MR) is 145 cm³/mol. The lowest BCUT2D eigenvalue weighted by molar-refractivity contribution is -0.142. The minimum atomic E-state index is -0.899. The minimum Gasteiger partial charge on any atom is -0.497 e. The molecule has 1 aliphatic carbocycles. The zero-order chi connectivity index (χ0) is 26.5. The first-order valence-corrected chi connectivity index (χ1v) is 13.6. The lowest BCUT2D eigenvalue weighted by atomic mass is 10.0. The van der Waals surface area contributed by atoms with Gasteiger partial charge in [0.1, 0.15) is 29.6 Å². The number of ether oxygens (including phenoxy) is 2. The summed E-state index contributed by atoms with van der Waals surface area (Å²) in [5.41, 5.74) is 2.08. The largest absolute Gasteiger partial charge is 0.497 e. The van der Waals surface area contributed by atoms with Crippen molar-refractivity contribution in [2.45, 2.75) is 50.9 Å². The third-order valence-corrected chi connectivity index (χ3v) is 7.74. The SMILES string of the molecule is COc1cc(OC)cc(C(C(=O)NC2CCCC2)N(Cc2cccs2)C(=O)Cn2nnc3ccccc32)c1. The van der Waals surface area contributed by atoms with Gasteiger partial charge in [0.25, 0.3) is 0 Å². The molecule has 0 aliphatic heterocycles. The monoisotopic (exact) mass is 533 g/mol. The topological polar surface area (TPSA) is 98.6 Å². The summed E-state index contributed by atoms with van der Waals surface area (Å²) in [6.45, 7) is 0.214. The summed E-state index contributed by atoms with van der Waals surface area (Å²) in [5.74, 6) is 0.621. The third-order valence-electron chi connectivity index (χ3n) is 6.88. The first-order chi connectivity index (χ1) is 18.6. The smallest absolute Gasteiger partial charge is 0.247 e. The molecular weight excluding hydrogens is 502 g/mol. The number of nitrogens with one attached hydrogen (secondary N) is 1. The Kier molecular flexibility index (Phi) is 7.88. The molecule has 1 fully saturated rings. The molecule has 2 heterocycles. The number of para-hydroxylation sites is 1. The highest BCUT2D eigenvalue weighted by atomic mass is 32.1. The van der Waals surface area contributed by atoms with E-state index >= 15 is 0 Å². The van der Waals surface area contributed by atoms with Gasteiger partial charge in [-0.15, -0.1) is 16.4 Å². The van der Waals surface area contributed by atoms with E-state index in [2.05, 4.69) is 15.6 Å². The van der Waals surface area contributed by atoms with Crippen molar-refractivity contribution in [2.24, 2.45) is 0 Å². The van der Waals surface area contributed by atoms with Crippen molar-refractivity contribution in [2.75, 3.05) is 14.2 Å². The van der Waals surface area contributed by atoms with Crippen LogP contribution in [0.15, 0.2) is 60.0 Å². The van der Waals surface area contributed by atoms with Crippen LogP contribution in [0.4, 0.5) is 0 Å². The van der Waals surface area contributed by atoms with Gasteiger partial charge < -0.3 is 19.7 Å².